The molecule has 0 aliphatic heterocycles. The zero-order valence-electron chi connectivity index (χ0n) is 12.8. The number of aliphatic carboxylic acids is 1. The molecule has 3 nitrogen and oxygen atoms in total. The summed E-state index contributed by atoms with van der Waals surface area (Å²) in [6, 6.07) is 7.96. The predicted octanol–water partition coefficient (Wildman–Crippen LogP) is 3.69. The fraction of sp³-hybridized carbons (Fsp3) is 0.588. The lowest BCUT2D eigenvalue weighted by Crippen LogP contribution is -2.19. The Labute approximate surface area is 122 Å². The van der Waals surface area contributed by atoms with Gasteiger partial charge in [-0.1, -0.05) is 38.1 Å². The summed E-state index contributed by atoms with van der Waals surface area (Å²) >= 11 is 0. The number of aryl methyl sites for hydroxylation is 1. The molecule has 0 saturated carbocycles. The minimum absolute atomic E-state index is 0.366. The minimum atomic E-state index is -0.735. The van der Waals surface area contributed by atoms with Gasteiger partial charge in [0.25, 0.3) is 0 Å². The highest BCUT2D eigenvalue weighted by Gasteiger charge is 2.18. The molecule has 3 heteroatoms. The van der Waals surface area contributed by atoms with E-state index in [2.05, 4.69) is 13.8 Å². The first kappa shape index (κ1) is 16.7. The quantitative estimate of drug-likeness (QED) is 0.701. The summed E-state index contributed by atoms with van der Waals surface area (Å²) in [5.41, 5.74) is 2.27. The van der Waals surface area contributed by atoms with Gasteiger partial charge in [0.1, 0.15) is 0 Å². The van der Waals surface area contributed by atoms with E-state index in [1.54, 1.807) is 0 Å². The lowest BCUT2D eigenvalue weighted by atomic mass is 9.94. The second-order valence-electron chi connectivity index (χ2n) is 5.75. The van der Waals surface area contributed by atoms with Crippen molar-refractivity contribution in [2.24, 2.45) is 11.8 Å². The molecule has 0 heterocycles. The fourth-order valence-electron chi connectivity index (χ4n) is 2.06. The number of ether oxygens (including phenoxy) is 1. The Morgan fingerprint density at radius 2 is 1.85 bits per heavy atom. The predicted molar refractivity (Wildman–Crippen MR) is 80.9 cm³/mol. The van der Waals surface area contributed by atoms with Crippen LogP contribution in [0.4, 0.5) is 0 Å². The zero-order valence-corrected chi connectivity index (χ0v) is 12.8. The third-order valence-electron chi connectivity index (χ3n) is 3.53. The van der Waals surface area contributed by atoms with Gasteiger partial charge in [-0.3, -0.25) is 4.79 Å². The van der Waals surface area contributed by atoms with Crippen LogP contribution >= 0.6 is 0 Å². The molecule has 0 radical (unpaired) electrons. The summed E-state index contributed by atoms with van der Waals surface area (Å²) in [4.78, 5) is 11.3. The van der Waals surface area contributed by atoms with Crippen LogP contribution in [0.1, 0.15) is 37.8 Å². The summed E-state index contributed by atoms with van der Waals surface area (Å²) in [5.74, 6) is -0.479. The van der Waals surface area contributed by atoms with E-state index in [-0.39, 0.29) is 5.92 Å². The maximum atomic E-state index is 11.3. The van der Waals surface area contributed by atoms with Crippen molar-refractivity contribution in [1.29, 1.82) is 0 Å². The second-order valence-corrected chi connectivity index (χ2v) is 5.75. The Bertz CT molecular complexity index is 412. The lowest BCUT2D eigenvalue weighted by molar-refractivity contribution is -0.142. The van der Waals surface area contributed by atoms with E-state index >= 15 is 0 Å². The van der Waals surface area contributed by atoms with E-state index in [4.69, 9.17) is 4.74 Å². The van der Waals surface area contributed by atoms with Crippen molar-refractivity contribution in [1.82, 2.24) is 0 Å². The molecule has 20 heavy (non-hydrogen) atoms. The number of carboxylic acid groups (broad SMARTS) is 1. The molecule has 1 N–H and O–H groups in total. The van der Waals surface area contributed by atoms with Gasteiger partial charge in [0.15, 0.2) is 0 Å². The van der Waals surface area contributed by atoms with E-state index in [9.17, 15) is 9.90 Å². The van der Waals surface area contributed by atoms with E-state index < -0.39 is 5.97 Å². The van der Waals surface area contributed by atoms with Crippen molar-refractivity contribution >= 4 is 5.97 Å². The molecule has 0 aliphatic rings. The molecule has 1 aromatic carbocycles. The van der Waals surface area contributed by atoms with Crippen molar-refractivity contribution < 1.29 is 14.6 Å². The summed E-state index contributed by atoms with van der Waals surface area (Å²) in [6.45, 7) is 7.57. The van der Waals surface area contributed by atoms with E-state index in [1.165, 1.54) is 0 Å². The fourth-order valence-corrected chi connectivity index (χ4v) is 2.06. The molecule has 0 amide bonds. The molecule has 0 aliphatic carbocycles. The van der Waals surface area contributed by atoms with Crippen molar-refractivity contribution in [2.45, 2.75) is 40.0 Å². The molecule has 112 valence electrons. The van der Waals surface area contributed by atoms with Gasteiger partial charge in [-0.05, 0) is 43.2 Å². The number of hydrogen-bond acceptors (Lipinski definition) is 2. The van der Waals surface area contributed by atoms with Crippen molar-refractivity contribution in [3.63, 3.8) is 0 Å². The normalized spacial score (nSPS) is 12.6. The van der Waals surface area contributed by atoms with Gasteiger partial charge in [-0.2, -0.15) is 0 Å². The van der Waals surface area contributed by atoms with Crippen LogP contribution < -0.4 is 0 Å². The van der Waals surface area contributed by atoms with Crippen LogP contribution in [0.5, 0.6) is 0 Å². The highest BCUT2D eigenvalue weighted by Crippen LogP contribution is 2.16. The van der Waals surface area contributed by atoms with Crippen molar-refractivity contribution in [3.8, 4) is 0 Å². The number of carboxylic acids is 1. The summed E-state index contributed by atoms with van der Waals surface area (Å²) in [6.07, 6.45) is 2.17. The van der Waals surface area contributed by atoms with Crippen LogP contribution in [0.3, 0.4) is 0 Å². The lowest BCUT2D eigenvalue weighted by Gasteiger charge is -2.14. The number of carbonyl (C=O) groups is 1. The largest absolute Gasteiger partial charge is 0.481 e. The molecule has 1 rings (SSSR count). The van der Waals surface area contributed by atoms with E-state index in [0.717, 1.165) is 17.5 Å². The van der Waals surface area contributed by atoms with Gasteiger partial charge in [0.05, 0.1) is 5.92 Å². The van der Waals surface area contributed by atoms with Crippen LogP contribution in [0.2, 0.25) is 0 Å². The molecule has 0 spiro atoms. The van der Waals surface area contributed by atoms with Crippen LogP contribution in [-0.4, -0.2) is 24.3 Å². The highest BCUT2D eigenvalue weighted by atomic mass is 16.5. The van der Waals surface area contributed by atoms with Crippen LogP contribution in [-0.2, 0) is 16.0 Å². The van der Waals surface area contributed by atoms with Gasteiger partial charge in [-0.25, -0.2) is 0 Å². The van der Waals surface area contributed by atoms with Gasteiger partial charge in [-0.15, -0.1) is 0 Å². The Morgan fingerprint density at radius 3 is 2.45 bits per heavy atom. The SMILES string of the molecule is Cc1ccccc1CC(CCOCCC(C)C)C(=O)O. The zero-order chi connectivity index (χ0) is 15.0. The maximum absolute atomic E-state index is 11.3. The molecule has 1 aromatic rings. The van der Waals surface area contributed by atoms with Crippen molar-refractivity contribution in [2.75, 3.05) is 13.2 Å². The van der Waals surface area contributed by atoms with Gasteiger partial charge in [0, 0.05) is 13.2 Å². The van der Waals surface area contributed by atoms with E-state index in [1.807, 2.05) is 31.2 Å². The summed E-state index contributed by atoms with van der Waals surface area (Å²) in [7, 11) is 0. The molecular weight excluding hydrogens is 252 g/mol. The third-order valence-corrected chi connectivity index (χ3v) is 3.53. The van der Waals surface area contributed by atoms with Crippen LogP contribution in [0, 0.1) is 18.8 Å². The van der Waals surface area contributed by atoms with Gasteiger partial charge >= 0.3 is 5.97 Å². The Morgan fingerprint density at radius 1 is 1.20 bits per heavy atom. The molecule has 0 bridgehead atoms. The van der Waals surface area contributed by atoms with Gasteiger partial charge < -0.3 is 9.84 Å². The summed E-state index contributed by atoms with van der Waals surface area (Å²) < 4.78 is 5.53. The average Bonchev–Trinajstić information content (AvgIpc) is 2.38. The van der Waals surface area contributed by atoms with Crippen molar-refractivity contribution in [3.05, 3.63) is 35.4 Å². The maximum Gasteiger partial charge on any atom is 0.306 e. The van der Waals surface area contributed by atoms with Crippen LogP contribution in [0.25, 0.3) is 0 Å². The minimum Gasteiger partial charge on any atom is -0.481 e. The number of benzene rings is 1. The molecule has 1 atom stereocenters. The second kappa shape index (κ2) is 8.75. The topological polar surface area (TPSA) is 46.5 Å². The smallest absolute Gasteiger partial charge is 0.306 e. The van der Waals surface area contributed by atoms with E-state index in [0.29, 0.717) is 32.0 Å². The first-order valence-corrected chi connectivity index (χ1v) is 7.35. The standard InChI is InChI=1S/C17H26O3/c1-13(2)8-10-20-11-9-16(17(18)19)12-15-7-5-4-6-14(15)3/h4-7,13,16H,8-12H2,1-3H3,(H,18,19). The van der Waals surface area contributed by atoms with Crippen LogP contribution in [0.15, 0.2) is 24.3 Å². The first-order valence-electron chi connectivity index (χ1n) is 7.35. The Kier molecular flexibility index (Phi) is 7.31. The highest BCUT2D eigenvalue weighted by molar-refractivity contribution is 5.70. The molecule has 0 saturated heterocycles. The first-order chi connectivity index (χ1) is 9.50. The summed E-state index contributed by atoms with van der Waals surface area (Å²) in [5, 5.41) is 9.31. The molecule has 0 aromatic heterocycles. The third kappa shape index (κ3) is 6.20. The monoisotopic (exact) mass is 278 g/mol. The van der Waals surface area contributed by atoms with Gasteiger partial charge in [0.2, 0.25) is 0 Å². The Balaban J connectivity index is 2.41. The molecule has 0 fully saturated rings. The Hall–Kier alpha value is -1.35. The average molecular weight is 278 g/mol. The number of rotatable bonds is 9. The number of hydrogen-bond donors (Lipinski definition) is 1. The molecule has 1 unspecified atom stereocenters. The molecular formula is C17H26O3.